The van der Waals surface area contributed by atoms with Crippen molar-refractivity contribution in [3.8, 4) is 11.1 Å². The highest BCUT2D eigenvalue weighted by molar-refractivity contribution is 5.93. The number of methoxy groups -OCH3 is 1. The number of fused-ring (bicyclic) bond motifs is 1. The predicted octanol–water partition coefficient (Wildman–Crippen LogP) is 2.66. The number of aromatic nitrogens is 3. The van der Waals surface area contributed by atoms with Crippen LogP contribution >= 0.6 is 0 Å². The molecular formula is C24H34N6O3. The van der Waals surface area contributed by atoms with Gasteiger partial charge in [0, 0.05) is 37.8 Å². The van der Waals surface area contributed by atoms with Gasteiger partial charge in [0.15, 0.2) is 0 Å². The number of nitrogen functional groups attached to an aromatic ring is 1. The minimum Gasteiger partial charge on any atom is -0.394 e. The molecule has 3 rings (SSSR count). The molecule has 9 nitrogen and oxygen atoms in total. The Morgan fingerprint density at radius 1 is 1.27 bits per heavy atom. The first kappa shape index (κ1) is 24.6. The van der Waals surface area contributed by atoms with E-state index in [1.807, 2.05) is 25.1 Å². The molecule has 0 aliphatic rings. The molecule has 2 heterocycles. The molecule has 2 aromatic heterocycles. The van der Waals surface area contributed by atoms with Gasteiger partial charge in [0.2, 0.25) is 11.5 Å². The van der Waals surface area contributed by atoms with Crippen LogP contribution in [0.3, 0.4) is 0 Å². The van der Waals surface area contributed by atoms with Crippen molar-refractivity contribution in [1.29, 1.82) is 0 Å². The van der Waals surface area contributed by atoms with Crippen LogP contribution in [0.4, 0.5) is 11.8 Å². The number of nitrogens with one attached hydrogen (secondary N) is 3. The molecule has 33 heavy (non-hydrogen) atoms. The van der Waals surface area contributed by atoms with E-state index in [2.05, 4.69) is 32.5 Å². The van der Waals surface area contributed by atoms with Crippen LogP contribution in [0, 0.1) is 0 Å². The molecule has 0 bridgehead atoms. The SMILES string of the molecule is CCCCC(C)(CO)Nc1nc(N)nc2cc(-c3cc(=O)[nH]cc3CNCCOC)ccc12. The molecule has 0 saturated carbocycles. The number of benzene rings is 1. The van der Waals surface area contributed by atoms with Crippen molar-refractivity contribution in [2.24, 2.45) is 0 Å². The third-order valence-corrected chi connectivity index (χ3v) is 5.68. The Labute approximate surface area is 193 Å². The number of pyridine rings is 1. The lowest BCUT2D eigenvalue weighted by Crippen LogP contribution is -2.39. The summed E-state index contributed by atoms with van der Waals surface area (Å²) >= 11 is 0. The zero-order valence-corrected chi connectivity index (χ0v) is 19.6. The monoisotopic (exact) mass is 454 g/mol. The fourth-order valence-corrected chi connectivity index (χ4v) is 3.76. The summed E-state index contributed by atoms with van der Waals surface area (Å²) in [6, 6.07) is 7.37. The quantitative estimate of drug-likeness (QED) is 0.263. The van der Waals surface area contributed by atoms with Gasteiger partial charge >= 0.3 is 0 Å². The number of anilines is 2. The summed E-state index contributed by atoms with van der Waals surface area (Å²) in [6.07, 6.45) is 4.54. The van der Waals surface area contributed by atoms with E-state index in [9.17, 15) is 9.90 Å². The van der Waals surface area contributed by atoms with Crippen molar-refractivity contribution in [3.05, 3.63) is 46.4 Å². The van der Waals surface area contributed by atoms with Crippen LogP contribution in [0.1, 0.15) is 38.7 Å². The van der Waals surface area contributed by atoms with Crippen molar-refractivity contribution in [1.82, 2.24) is 20.3 Å². The molecule has 0 spiro atoms. The second kappa shape index (κ2) is 11.2. The van der Waals surface area contributed by atoms with Crippen LogP contribution in [0.15, 0.2) is 35.3 Å². The van der Waals surface area contributed by atoms with E-state index in [4.69, 9.17) is 10.5 Å². The maximum Gasteiger partial charge on any atom is 0.248 e. The average Bonchev–Trinajstić information content (AvgIpc) is 2.80. The van der Waals surface area contributed by atoms with Gasteiger partial charge in [-0.25, -0.2) is 4.98 Å². The molecule has 0 fully saturated rings. The van der Waals surface area contributed by atoms with E-state index in [-0.39, 0.29) is 18.1 Å². The van der Waals surface area contributed by atoms with Gasteiger partial charge in [0.05, 0.1) is 24.3 Å². The van der Waals surface area contributed by atoms with Gasteiger partial charge in [0.25, 0.3) is 0 Å². The fourth-order valence-electron chi connectivity index (χ4n) is 3.76. The third-order valence-electron chi connectivity index (χ3n) is 5.68. The van der Waals surface area contributed by atoms with Crippen molar-refractivity contribution in [2.75, 3.05) is 37.9 Å². The van der Waals surface area contributed by atoms with E-state index in [1.165, 1.54) is 0 Å². The molecular weight excluding hydrogens is 420 g/mol. The smallest absolute Gasteiger partial charge is 0.248 e. The van der Waals surface area contributed by atoms with Crippen molar-refractivity contribution < 1.29 is 9.84 Å². The Balaban J connectivity index is 1.98. The molecule has 1 aromatic carbocycles. The maximum absolute atomic E-state index is 12.1. The van der Waals surface area contributed by atoms with E-state index in [0.29, 0.717) is 31.0 Å². The number of H-pyrrole nitrogens is 1. The lowest BCUT2D eigenvalue weighted by Gasteiger charge is -2.30. The van der Waals surface area contributed by atoms with E-state index < -0.39 is 5.54 Å². The molecule has 0 saturated heterocycles. The summed E-state index contributed by atoms with van der Waals surface area (Å²) in [5, 5.41) is 17.5. The molecule has 178 valence electrons. The first-order chi connectivity index (χ1) is 15.9. The molecule has 0 radical (unpaired) electrons. The second-order valence-electron chi connectivity index (χ2n) is 8.52. The Kier molecular flexibility index (Phi) is 8.37. The van der Waals surface area contributed by atoms with E-state index >= 15 is 0 Å². The predicted molar refractivity (Wildman–Crippen MR) is 132 cm³/mol. The number of nitrogens with zero attached hydrogens (tertiary/aromatic N) is 2. The topological polar surface area (TPSA) is 138 Å². The van der Waals surface area contributed by atoms with Gasteiger partial charge in [-0.3, -0.25) is 4.79 Å². The fraction of sp³-hybridized carbons (Fsp3) is 0.458. The number of hydrogen-bond acceptors (Lipinski definition) is 8. The van der Waals surface area contributed by atoms with Crippen LogP contribution in [-0.2, 0) is 11.3 Å². The van der Waals surface area contributed by atoms with Gasteiger partial charge in [-0.05, 0) is 42.2 Å². The summed E-state index contributed by atoms with van der Waals surface area (Å²) in [7, 11) is 1.66. The summed E-state index contributed by atoms with van der Waals surface area (Å²) in [5.74, 6) is 0.731. The molecule has 1 unspecified atom stereocenters. The van der Waals surface area contributed by atoms with E-state index in [0.717, 1.165) is 41.3 Å². The van der Waals surface area contributed by atoms with Crippen LogP contribution in [0.2, 0.25) is 0 Å². The van der Waals surface area contributed by atoms with Gasteiger partial charge in [0.1, 0.15) is 5.82 Å². The minimum atomic E-state index is -0.518. The van der Waals surface area contributed by atoms with Crippen molar-refractivity contribution in [2.45, 2.75) is 45.2 Å². The number of unbranched alkanes of at least 4 members (excludes halogenated alkanes) is 1. The Hall–Kier alpha value is -3.01. The Bertz CT molecular complexity index is 1130. The van der Waals surface area contributed by atoms with E-state index in [1.54, 1.807) is 19.4 Å². The number of hydrogen-bond donors (Lipinski definition) is 5. The molecule has 0 aliphatic carbocycles. The molecule has 9 heteroatoms. The summed E-state index contributed by atoms with van der Waals surface area (Å²) < 4.78 is 5.08. The highest BCUT2D eigenvalue weighted by Crippen LogP contribution is 2.30. The van der Waals surface area contributed by atoms with Gasteiger partial charge in [-0.2, -0.15) is 4.98 Å². The number of ether oxygens (including phenoxy) is 1. The lowest BCUT2D eigenvalue weighted by atomic mass is 9.95. The van der Waals surface area contributed by atoms with Crippen LogP contribution in [-0.4, -0.2) is 52.5 Å². The highest BCUT2D eigenvalue weighted by Gasteiger charge is 2.24. The summed E-state index contributed by atoms with van der Waals surface area (Å²) in [6.45, 7) is 5.95. The highest BCUT2D eigenvalue weighted by atomic mass is 16.5. The average molecular weight is 455 g/mol. The second-order valence-corrected chi connectivity index (χ2v) is 8.52. The standard InChI is InChI=1S/C24H34N6O3/c1-4-5-8-24(2,15-31)30-22-18-7-6-16(11-20(18)28-23(25)29-22)19-12-21(32)27-14-17(19)13-26-9-10-33-3/h6-7,11-12,14,26,31H,4-5,8-10,13,15H2,1-3H3,(H,27,32)(H3,25,28,29,30). The van der Waals surface area contributed by atoms with Crippen LogP contribution < -0.4 is 21.9 Å². The van der Waals surface area contributed by atoms with Gasteiger partial charge in [-0.1, -0.05) is 25.8 Å². The third kappa shape index (κ3) is 6.28. The molecule has 0 aliphatic heterocycles. The zero-order chi connectivity index (χ0) is 23.8. The number of nitrogens with two attached hydrogens (primary N) is 1. The number of aliphatic hydroxyl groups is 1. The van der Waals surface area contributed by atoms with Crippen LogP contribution in [0.25, 0.3) is 22.0 Å². The normalized spacial score (nSPS) is 13.2. The minimum absolute atomic E-state index is 0.0251. The number of aromatic amines is 1. The summed E-state index contributed by atoms with van der Waals surface area (Å²) in [4.78, 5) is 23.6. The molecule has 1 atom stereocenters. The Morgan fingerprint density at radius 3 is 2.82 bits per heavy atom. The Morgan fingerprint density at radius 2 is 2.09 bits per heavy atom. The van der Waals surface area contributed by atoms with Crippen LogP contribution in [0.5, 0.6) is 0 Å². The maximum atomic E-state index is 12.1. The number of aliphatic hydroxyl groups excluding tert-OH is 1. The van der Waals surface area contributed by atoms with Gasteiger partial charge in [-0.15, -0.1) is 0 Å². The summed E-state index contributed by atoms with van der Waals surface area (Å²) in [5.41, 5.74) is 8.63. The molecule has 0 amide bonds. The lowest BCUT2D eigenvalue weighted by molar-refractivity contribution is 0.199. The zero-order valence-electron chi connectivity index (χ0n) is 19.6. The number of rotatable bonds is 12. The molecule has 3 aromatic rings. The largest absolute Gasteiger partial charge is 0.394 e. The van der Waals surface area contributed by atoms with Crippen molar-refractivity contribution >= 4 is 22.7 Å². The van der Waals surface area contributed by atoms with Crippen molar-refractivity contribution in [3.63, 3.8) is 0 Å². The molecule has 6 N–H and O–H groups in total. The van der Waals surface area contributed by atoms with Gasteiger partial charge < -0.3 is 31.2 Å². The first-order valence-electron chi connectivity index (χ1n) is 11.3. The first-order valence-corrected chi connectivity index (χ1v) is 11.3.